The van der Waals surface area contributed by atoms with Crippen LogP contribution in [0.4, 0.5) is 0 Å². The summed E-state index contributed by atoms with van der Waals surface area (Å²) in [6, 6.07) is 0. The number of rotatable bonds is 5. The summed E-state index contributed by atoms with van der Waals surface area (Å²) in [7, 11) is 1.79. The van der Waals surface area contributed by atoms with Gasteiger partial charge in [0.2, 0.25) is 0 Å². The third-order valence-corrected chi connectivity index (χ3v) is 5.26. The fraction of sp³-hybridized carbons (Fsp3) is 0.692. The van der Waals surface area contributed by atoms with Crippen molar-refractivity contribution in [2.45, 2.75) is 39.0 Å². The molecule has 0 fully saturated rings. The maximum absolute atomic E-state index is 4.51. The summed E-state index contributed by atoms with van der Waals surface area (Å²) >= 11 is 3.58. The molecule has 0 spiro atoms. The molecule has 0 aliphatic carbocycles. The Morgan fingerprint density at radius 1 is 1.35 bits per heavy atom. The highest BCUT2D eigenvalue weighted by atomic mass is 127. The summed E-state index contributed by atoms with van der Waals surface area (Å²) < 4.78 is 0.200. The van der Waals surface area contributed by atoms with Gasteiger partial charge in [0.1, 0.15) is 5.01 Å². The number of aromatic nitrogens is 1. The lowest BCUT2D eigenvalue weighted by Crippen LogP contribution is -2.42. The number of nitrogens with one attached hydrogen (secondary N) is 2. The fourth-order valence-electron chi connectivity index (χ4n) is 1.36. The van der Waals surface area contributed by atoms with Gasteiger partial charge in [-0.3, -0.25) is 4.99 Å². The van der Waals surface area contributed by atoms with Crippen molar-refractivity contribution in [2.75, 3.05) is 19.8 Å². The zero-order chi connectivity index (χ0) is 14.5. The van der Waals surface area contributed by atoms with Gasteiger partial charge in [0.25, 0.3) is 0 Å². The number of hydrogen-bond acceptors (Lipinski definition) is 4. The summed E-state index contributed by atoms with van der Waals surface area (Å²) in [4.78, 5) is 10.0. The van der Waals surface area contributed by atoms with E-state index in [9.17, 15) is 0 Å². The highest BCUT2D eigenvalue weighted by molar-refractivity contribution is 14.0. The second kappa shape index (κ2) is 9.09. The third-order valence-electron chi connectivity index (χ3n) is 2.94. The molecule has 1 aromatic heterocycles. The largest absolute Gasteiger partial charge is 0.355 e. The van der Waals surface area contributed by atoms with Crippen molar-refractivity contribution in [1.82, 2.24) is 15.6 Å². The molecule has 7 heteroatoms. The van der Waals surface area contributed by atoms with E-state index in [-0.39, 0.29) is 28.7 Å². The van der Waals surface area contributed by atoms with Gasteiger partial charge in [-0.2, -0.15) is 11.8 Å². The molecule has 0 saturated carbocycles. The van der Waals surface area contributed by atoms with Crippen LogP contribution in [0.2, 0.25) is 0 Å². The van der Waals surface area contributed by atoms with Crippen LogP contribution in [0.25, 0.3) is 0 Å². The molecule has 4 nitrogen and oxygen atoms in total. The second-order valence-corrected chi connectivity index (χ2v) is 7.79. The van der Waals surface area contributed by atoms with Gasteiger partial charge in [0.15, 0.2) is 5.96 Å². The van der Waals surface area contributed by atoms with Crippen LogP contribution in [0.15, 0.2) is 4.99 Å². The molecule has 0 amide bonds. The first kappa shape index (κ1) is 20.0. The summed E-state index contributed by atoms with van der Waals surface area (Å²) in [6.45, 7) is 10.2. The van der Waals surface area contributed by atoms with E-state index in [1.807, 2.05) is 18.7 Å². The van der Waals surface area contributed by atoms with Crippen molar-refractivity contribution in [3.8, 4) is 0 Å². The van der Waals surface area contributed by atoms with Crippen LogP contribution in [-0.4, -0.2) is 35.5 Å². The van der Waals surface area contributed by atoms with Crippen molar-refractivity contribution in [2.24, 2.45) is 4.99 Å². The van der Waals surface area contributed by atoms with E-state index in [4.69, 9.17) is 0 Å². The molecule has 0 aliphatic heterocycles. The summed E-state index contributed by atoms with van der Waals surface area (Å²) in [5.74, 6) is 0.827. The number of aryl methyl sites for hydroxylation is 2. The molecule has 0 aliphatic rings. The molecule has 1 aromatic rings. The summed E-state index contributed by atoms with van der Waals surface area (Å²) in [6.07, 6.45) is 2.12. The van der Waals surface area contributed by atoms with Crippen LogP contribution in [0.1, 0.15) is 29.4 Å². The number of aliphatic imine (C=N–C) groups is 1. The molecule has 2 N–H and O–H groups in total. The van der Waals surface area contributed by atoms with Crippen molar-refractivity contribution in [1.29, 1.82) is 0 Å². The molecule has 0 unspecified atom stereocenters. The first-order chi connectivity index (χ1) is 8.88. The molecule has 0 radical (unpaired) electrons. The van der Waals surface area contributed by atoms with Crippen LogP contribution in [0.5, 0.6) is 0 Å². The number of guanidine groups is 1. The molecule has 1 heterocycles. The maximum Gasteiger partial charge on any atom is 0.191 e. The van der Waals surface area contributed by atoms with Crippen molar-refractivity contribution in [3.63, 3.8) is 0 Å². The Kier molecular flexibility index (Phi) is 9.08. The fourth-order valence-corrected chi connectivity index (χ4v) is 2.45. The number of halogens is 1. The minimum absolute atomic E-state index is 0. The van der Waals surface area contributed by atoms with E-state index in [1.54, 1.807) is 18.4 Å². The van der Waals surface area contributed by atoms with E-state index in [2.05, 4.69) is 47.6 Å². The number of nitrogens with zero attached hydrogens (tertiary/aromatic N) is 2. The van der Waals surface area contributed by atoms with Crippen LogP contribution >= 0.6 is 47.1 Å². The van der Waals surface area contributed by atoms with E-state index >= 15 is 0 Å². The lowest BCUT2D eigenvalue weighted by molar-refractivity contribution is 0.664. The van der Waals surface area contributed by atoms with Crippen LogP contribution in [0, 0.1) is 13.8 Å². The standard InChI is InChI=1S/C13H24N4S2.HI/c1-9-10(2)19-11(17-9)7-15-12(14-5)16-8-13(3,4)18-6;/h7-8H2,1-6H3,(H2,14,15,16);1H. The predicted molar refractivity (Wildman–Crippen MR) is 103 cm³/mol. The molecule has 0 bridgehead atoms. The Labute approximate surface area is 147 Å². The predicted octanol–water partition coefficient (Wildman–Crippen LogP) is 3.18. The average Bonchev–Trinajstić information content (AvgIpc) is 2.69. The first-order valence-corrected chi connectivity index (χ1v) is 8.34. The Morgan fingerprint density at radius 3 is 2.45 bits per heavy atom. The van der Waals surface area contributed by atoms with E-state index in [0.29, 0.717) is 0 Å². The van der Waals surface area contributed by atoms with E-state index < -0.39 is 0 Å². The Bertz CT molecular complexity index is 424. The summed E-state index contributed by atoms with van der Waals surface area (Å²) in [5.41, 5.74) is 1.12. The van der Waals surface area contributed by atoms with Gasteiger partial charge >= 0.3 is 0 Å². The smallest absolute Gasteiger partial charge is 0.191 e. The maximum atomic E-state index is 4.51. The zero-order valence-corrected chi connectivity index (χ0v) is 17.0. The minimum atomic E-state index is 0. The highest BCUT2D eigenvalue weighted by Crippen LogP contribution is 2.19. The molecule has 0 atom stereocenters. The van der Waals surface area contributed by atoms with Crippen molar-refractivity contribution in [3.05, 3.63) is 15.6 Å². The lowest BCUT2D eigenvalue weighted by atomic mass is 10.2. The van der Waals surface area contributed by atoms with Crippen LogP contribution in [-0.2, 0) is 6.54 Å². The van der Waals surface area contributed by atoms with Gasteiger partial charge in [-0.25, -0.2) is 4.98 Å². The Hall–Kier alpha value is -0.0200. The molecule has 116 valence electrons. The average molecular weight is 428 g/mol. The highest BCUT2D eigenvalue weighted by Gasteiger charge is 2.16. The normalized spacial score (nSPS) is 12.0. The number of thioether (sulfide) groups is 1. The molecular weight excluding hydrogens is 403 g/mol. The summed E-state index contributed by atoms with van der Waals surface area (Å²) in [5, 5.41) is 7.75. The van der Waals surface area contributed by atoms with Crippen molar-refractivity contribution < 1.29 is 0 Å². The minimum Gasteiger partial charge on any atom is -0.355 e. The van der Waals surface area contributed by atoms with Gasteiger partial charge < -0.3 is 10.6 Å². The quantitative estimate of drug-likeness (QED) is 0.430. The number of hydrogen-bond donors (Lipinski definition) is 2. The topological polar surface area (TPSA) is 49.3 Å². The van der Waals surface area contributed by atoms with Crippen molar-refractivity contribution >= 4 is 53.0 Å². The van der Waals surface area contributed by atoms with Gasteiger partial charge in [-0.1, -0.05) is 0 Å². The van der Waals surface area contributed by atoms with Gasteiger partial charge in [0, 0.05) is 23.2 Å². The molecule has 1 rings (SSSR count). The van der Waals surface area contributed by atoms with Gasteiger partial charge in [0.05, 0.1) is 12.2 Å². The Balaban J connectivity index is 0.00000361. The van der Waals surface area contributed by atoms with Gasteiger partial charge in [-0.15, -0.1) is 35.3 Å². The molecule has 20 heavy (non-hydrogen) atoms. The van der Waals surface area contributed by atoms with Crippen LogP contribution in [0.3, 0.4) is 0 Å². The van der Waals surface area contributed by atoms with Crippen LogP contribution < -0.4 is 10.6 Å². The third kappa shape index (κ3) is 6.62. The monoisotopic (exact) mass is 428 g/mol. The van der Waals surface area contributed by atoms with E-state index in [0.717, 1.165) is 29.8 Å². The zero-order valence-electron chi connectivity index (χ0n) is 13.0. The lowest BCUT2D eigenvalue weighted by Gasteiger charge is -2.23. The molecule has 0 aromatic carbocycles. The number of thiazole rings is 1. The Morgan fingerprint density at radius 2 is 2.00 bits per heavy atom. The molecular formula is C13H25IN4S2. The SMILES string of the molecule is CN=C(NCc1nc(C)c(C)s1)NCC(C)(C)SC.I. The van der Waals surface area contributed by atoms with E-state index in [1.165, 1.54) is 4.88 Å². The van der Waals surface area contributed by atoms with Gasteiger partial charge in [-0.05, 0) is 34.0 Å². The molecule has 0 saturated heterocycles. The first-order valence-electron chi connectivity index (χ1n) is 6.30. The second-order valence-electron chi connectivity index (χ2n) is 4.99.